The molecule has 6 rings (SSSR count). The Labute approximate surface area is 190 Å². The fourth-order valence-electron chi connectivity index (χ4n) is 4.20. The van der Waals surface area contributed by atoms with Crippen LogP contribution in [0.25, 0.3) is 22.8 Å². The van der Waals surface area contributed by atoms with Gasteiger partial charge in [0.15, 0.2) is 5.82 Å². The Balaban J connectivity index is 1.15. The van der Waals surface area contributed by atoms with Crippen molar-refractivity contribution in [3.63, 3.8) is 0 Å². The van der Waals surface area contributed by atoms with Crippen LogP contribution in [0.2, 0.25) is 0 Å². The number of hydrogen-bond donors (Lipinski definition) is 3. The van der Waals surface area contributed by atoms with Crippen molar-refractivity contribution in [2.75, 3.05) is 6.54 Å². The predicted octanol–water partition coefficient (Wildman–Crippen LogP) is 3.18. The van der Waals surface area contributed by atoms with Crippen LogP contribution in [0.5, 0.6) is 0 Å². The Kier molecular flexibility index (Phi) is 4.96. The van der Waals surface area contributed by atoms with Gasteiger partial charge in [0.1, 0.15) is 0 Å². The van der Waals surface area contributed by atoms with Gasteiger partial charge in [0.2, 0.25) is 17.5 Å². The van der Waals surface area contributed by atoms with Crippen LogP contribution < -0.4 is 10.6 Å². The first-order chi connectivity index (χ1) is 16.1. The Morgan fingerprint density at radius 3 is 2.52 bits per heavy atom. The fraction of sp³-hybridized carbons (Fsp3) is 0.458. The summed E-state index contributed by atoms with van der Waals surface area (Å²) in [6.07, 6.45) is 8.59. The third kappa shape index (κ3) is 4.53. The second-order valence-corrected chi connectivity index (χ2v) is 9.46. The highest BCUT2D eigenvalue weighted by molar-refractivity contribution is 5.92. The molecule has 0 aliphatic heterocycles. The van der Waals surface area contributed by atoms with Crippen molar-refractivity contribution in [3.05, 3.63) is 42.0 Å². The van der Waals surface area contributed by atoms with Crippen LogP contribution in [0.4, 0.5) is 0 Å². The lowest BCUT2D eigenvalue weighted by Crippen LogP contribution is -2.37. The molecule has 3 fully saturated rings. The molecule has 2 amide bonds. The van der Waals surface area contributed by atoms with Crippen molar-refractivity contribution in [2.24, 2.45) is 17.8 Å². The molecule has 170 valence electrons. The third-order valence-electron chi connectivity index (χ3n) is 6.62. The van der Waals surface area contributed by atoms with Crippen molar-refractivity contribution in [1.82, 2.24) is 30.8 Å². The SMILES string of the molecule is O=C(NCC1CC1)c1nnc(-c2cccc(-c3ncc(C(=O)NC(C4CC4)C4CC4)o3)c2)[nH]1. The summed E-state index contributed by atoms with van der Waals surface area (Å²) >= 11 is 0. The first-order valence-corrected chi connectivity index (χ1v) is 11.7. The van der Waals surface area contributed by atoms with Crippen molar-refractivity contribution in [2.45, 2.75) is 44.6 Å². The topological polar surface area (TPSA) is 126 Å². The largest absolute Gasteiger partial charge is 0.431 e. The third-order valence-corrected chi connectivity index (χ3v) is 6.62. The van der Waals surface area contributed by atoms with E-state index in [2.05, 4.69) is 30.8 Å². The van der Waals surface area contributed by atoms with E-state index in [0.717, 1.165) is 5.56 Å². The highest BCUT2D eigenvalue weighted by Crippen LogP contribution is 2.44. The van der Waals surface area contributed by atoms with Crippen molar-refractivity contribution in [3.8, 4) is 22.8 Å². The van der Waals surface area contributed by atoms with Crippen LogP contribution in [0.15, 0.2) is 34.9 Å². The van der Waals surface area contributed by atoms with E-state index in [9.17, 15) is 9.59 Å². The lowest BCUT2D eigenvalue weighted by Gasteiger charge is -2.16. The number of nitrogens with one attached hydrogen (secondary N) is 3. The van der Waals surface area contributed by atoms with Gasteiger partial charge in [-0.1, -0.05) is 12.1 Å². The summed E-state index contributed by atoms with van der Waals surface area (Å²) in [4.78, 5) is 32.2. The molecular formula is C24H26N6O3. The van der Waals surface area contributed by atoms with Gasteiger partial charge in [-0.2, -0.15) is 0 Å². The van der Waals surface area contributed by atoms with Crippen LogP contribution >= 0.6 is 0 Å². The molecule has 1 aromatic carbocycles. The molecule has 3 aliphatic rings. The highest BCUT2D eigenvalue weighted by atomic mass is 16.4. The molecule has 0 radical (unpaired) electrons. The minimum atomic E-state index is -0.254. The second kappa shape index (κ2) is 8.13. The summed E-state index contributed by atoms with van der Waals surface area (Å²) < 4.78 is 5.79. The van der Waals surface area contributed by atoms with E-state index in [4.69, 9.17) is 4.42 Å². The Hall–Kier alpha value is -3.49. The molecular weight excluding hydrogens is 420 g/mol. The number of benzene rings is 1. The quantitative estimate of drug-likeness (QED) is 0.463. The summed E-state index contributed by atoms with van der Waals surface area (Å²) in [7, 11) is 0. The smallest absolute Gasteiger partial charge is 0.289 e. The summed E-state index contributed by atoms with van der Waals surface area (Å²) in [6.45, 7) is 0.673. The number of hydrogen-bond acceptors (Lipinski definition) is 6. The zero-order valence-corrected chi connectivity index (χ0v) is 18.2. The molecule has 2 heterocycles. The number of carbonyl (C=O) groups excluding carboxylic acids is 2. The number of aromatic amines is 1. The van der Waals surface area contributed by atoms with Gasteiger partial charge in [-0.3, -0.25) is 9.59 Å². The second-order valence-electron chi connectivity index (χ2n) is 9.46. The first kappa shape index (κ1) is 20.1. The molecule has 3 N–H and O–H groups in total. The maximum Gasteiger partial charge on any atom is 0.289 e. The van der Waals surface area contributed by atoms with E-state index < -0.39 is 0 Å². The number of nitrogens with zero attached hydrogens (tertiary/aromatic N) is 3. The summed E-state index contributed by atoms with van der Waals surface area (Å²) in [5.74, 6) is 2.61. The van der Waals surface area contributed by atoms with Gasteiger partial charge >= 0.3 is 0 Å². The summed E-state index contributed by atoms with van der Waals surface area (Å²) in [5, 5.41) is 14.1. The van der Waals surface area contributed by atoms with Gasteiger partial charge in [0.25, 0.3) is 11.8 Å². The molecule has 3 aromatic rings. The zero-order chi connectivity index (χ0) is 22.4. The molecule has 9 heteroatoms. The van der Waals surface area contributed by atoms with E-state index in [1.54, 1.807) is 0 Å². The van der Waals surface area contributed by atoms with Crippen molar-refractivity contribution >= 4 is 11.8 Å². The molecule has 3 aliphatic carbocycles. The van der Waals surface area contributed by atoms with E-state index in [1.165, 1.54) is 44.7 Å². The maximum absolute atomic E-state index is 12.7. The van der Waals surface area contributed by atoms with Crippen LogP contribution in [0.1, 0.15) is 59.7 Å². The van der Waals surface area contributed by atoms with Crippen LogP contribution in [0.3, 0.4) is 0 Å². The fourth-order valence-corrected chi connectivity index (χ4v) is 4.20. The molecule has 0 atom stereocenters. The number of amides is 2. The number of H-pyrrole nitrogens is 1. The van der Waals surface area contributed by atoms with Gasteiger partial charge in [0.05, 0.1) is 6.20 Å². The van der Waals surface area contributed by atoms with Crippen molar-refractivity contribution < 1.29 is 14.0 Å². The molecule has 2 aromatic heterocycles. The van der Waals surface area contributed by atoms with Gasteiger partial charge in [-0.25, -0.2) is 4.98 Å². The van der Waals surface area contributed by atoms with Crippen molar-refractivity contribution in [1.29, 1.82) is 0 Å². The molecule has 0 bridgehead atoms. The van der Waals surface area contributed by atoms with E-state index in [1.807, 2.05) is 24.3 Å². The van der Waals surface area contributed by atoms with Crippen LogP contribution in [0, 0.1) is 17.8 Å². The van der Waals surface area contributed by atoms with Gasteiger partial charge in [-0.15, -0.1) is 10.2 Å². The average Bonchev–Trinajstić information content (AvgIpc) is 3.76. The number of aromatic nitrogens is 4. The van der Waals surface area contributed by atoms with Gasteiger partial charge in [0, 0.05) is 23.7 Å². The minimum Gasteiger partial charge on any atom is -0.431 e. The van der Waals surface area contributed by atoms with Crippen LogP contribution in [-0.2, 0) is 0 Å². The molecule has 0 saturated heterocycles. The van der Waals surface area contributed by atoms with E-state index in [-0.39, 0.29) is 29.4 Å². The average molecular weight is 447 g/mol. The molecule has 9 nitrogen and oxygen atoms in total. The van der Waals surface area contributed by atoms with E-state index in [0.29, 0.717) is 41.6 Å². The molecule has 0 spiro atoms. The number of rotatable bonds is 9. The maximum atomic E-state index is 12.7. The first-order valence-electron chi connectivity index (χ1n) is 11.7. The van der Waals surface area contributed by atoms with Crippen LogP contribution in [-0.4, -0.2) is 44.6 Å². The molecule has 0 unspecified atom stereocenters. The number of carbonyl (C=O) groups is 2. The summed E-state index contributed by atoms with van der Waals surface area (Å²) in [5.41, 5.74) is 1.46. The Bertz CT molecular complexity index is 1180. The Morgan fingerprint density at radius 1 is 1.03 bits per heavy atom. The molecule has 3 saturated carbocycles. The predicted molar refractivity (Wildman–Crippen MR) is 119 cm³/mol. The zero-order valence-electron chi connectivity index (χ0n) is 18.2. The van der Waals surface area contributed by atoms with E-state index >= 15 is 0 Å². The monoisotopic (exact) mass is 446 g/mol. The van der Waals surface area contributed by atoms with Gasteiger partial charge in [-0.05, 0) is 68.4 Å². The minimum absolute atomic E-state index is 0.187. The summed E-state index contributed by atoms with van der Waals surface area (Å²) in [6, 6.07) is 7.67. The van der Waals surface area contributed by atoms with Gasteiger partial charge < -0.3 is 20.0 Å². The Morgan fingerprint density at radius 2 is 1.79 bits per heavy atom. The lowest BCUT2D eigenvalue weighted by atomic mass is 10.1. The normalized spacial score (nSPS) is 17.8. The lowest BCUT2D eigenvalue weighted by molar-refractivity contribution is 0.0897. The highest BCUT2D eigenvalue weighted by Gasteiger charge is 2.42. The standard InChI is InChI=1S/C24H26N6O3/c31-22(27-19(14-6-7-14)15-8-9-15)18-12-26-24(33-18)17-3-1-2-16(10-17)20-28-21(30-29-20)23(32)25-11-13-4-5-13/h1-3,10,12-15,19H,4-9,11H2,(H,25,32)(H,27,31)(H,28,29,30). The number of oxazole rings is 1. The molecule has 33 heavy (non-hydrogen) atoms.